The molecule has 0 unspecified atom stereocenters. The monoisotopic (exact) mass is 664 g/mol. The molecule has 0 bridgehead atoms. The molecule has 4 N–H and O–H groups in total. The Hall–Kier alpha value is -4.78. The lowest BCUT2D eigenvalue weighted by Gasteiger charge is -2.49. The zero-order valence-electron chi connectivity index (χ0n) is 23.4. The number of rotatable bonds is 10. The number of carboxylic acids is 2. The van der Waals surface area contributed by atoms with E-state index >= 15 is 0 Å². The molecular formula is C26H24N4O13S2. The van der Waals surface area contributed by atoms with Crippen molar-refractivity contribution < 1.29 is 62.5 Å². The summed E-state index contributed by atoms with van der Waals surface area (Å²) in [5, 5.41) is 22.8. The van der Waals surface area contributed by atoms with Crippen LogP contribution in [0.2, 0.25) is 0 Å². The quantitative estimate of drug-likeness (QED) is 0.175. The van der Waals surface area contributed by atoms with E-state index in [0.717, 1.165) is 9.80 Å². The normalized spacial score (nSPS) is 23.7. The summed E-state index contributed by atoms with van der Waals surface area (Å²) in [4.78, 5) is 99.4. The van der Waals surface area contributed by atoms with Crippen LogP contribution in [0.15, 0.2) is 39.1 Å². The topological polar surface area (TPSA) is 239 Å². The lowest BCUT2D eigenvalue weighted by atomic mass is 10.0. The SMILES string of the molecule is CC(=O)OCC1=C(C(=O)O)N2C(=O)[C@@H](NC(=O)c3ccc(C(=O)N[C@@H]4C(=O)N5C(C(=O)O)=C(COC(C)=O)CS[C@H]45)o3)[C@H]2SC1. The third-order valence-corrected chi connectivity index (χ3v) is 9.70. The molecule has 2 saturated heterocycles. The number of furan rings is 1. The van der Waals surface area contributed by atoms with Gasteiger partial charge < -0.3 is 34.7 Å². The van der Waals surface area contributed by atoms with Crippen molar-refractivity contribution in [2.24, 2.45) is 0 Å². The van der Waals surface area contributed by atoms with Crippen LogP contribution in [-0.2, 0) is 38.2 Å². The number of thioether (sulfide) groups is 2. The van der Waals surface area contributed by atoms with Crippen LogP contribution in [0.4, 0.5) is 0 Å². The third-order valence-electron chi connectivity index (χ3n) is 7.03. The zero-order valence-corrected chi connectivity index (χ0v) is 25.0. The van der Waals surface area contributed by atoms with E-state index in [1.54, 1.807) is 0 Å². The van der Waals surface area contributed by atoms with Crippen LogP contribution >= 0.6 is 23.5 Å². The molecule has 5 rings (SSSR count). The Morgan fingerprint density at radius 1 is 0.778 bits per heavy atom. The van der Waals surface area contributed by atoms with Crippen molar-refractivity contribution in [1.82, 2.24) is 20.4 Å². The number of fused-ring (bicyclic) bond motifs is 2. The fraction of sp³-hybridized carbons (Fsp3) is 0.385. The van der Waals surface area contributed by atoms with Gasteiger partial charge in [0.1, 0.15) is 47.4 Å². The van der Waals surface area contributed by atoms with E-state index in [1.165, 1.54) is 49.5 Å². The predicted octanol–water partition coefficient (Wildman–Crippen LogP) is -0.890. The molecule has 4 aliphatic heterocycles. The first-order chi connectivity index (χ1) is 21.3. The van der Waals surface area contributed by atoms with Crippen LogP contribution in [0.5, 0.6) is 0 Å². The van der Waals surface area contributed by atoms with Crippen molar-refractivity contribution in [3.05, 3.63) is 46.2 Å². The summed E-state index contributed by atoms with van der Waals surface area (Å²) in [6.07, 6.45) is 0. The molecule has 1 aromatic rings. The van der Waals surface area contributed by atoms with E-state index in [-0.39, 0.29) is 58.8 Å². The predicted molar refractivity (Wildman–Crippen MR) is 150 cm³/mol. The number of amides is 4. The number of carboxylic acid groups (broad SMARTS) is 2. The van der Waals surface area contributed by atoms with Crippen LogP contribution in [0.3, 0.4) is 0 Å². The van der Waals surface area contributed by atoms with E-state index in [0.29, 0.717) is 0 Å². The average Bonchev–Trinajstić information content (AvgIpc) is 3.49. The van der Waals surface area contributed by atoms with Gasteiger partial charge in [-0.05, 0) is 12.1 Å². The molecule has 0 spiro atoms. The highest BCUT2D eigenvalue weighted by Crippen LogP contribution is 2.41. The third kappa shape index (κ3) is 5.87. The second kappa shape index (κ2) is 12.3. The van der Waals surface area contributed by atoms with Crippen molar-refractivity contribution in [1.29, 1.82) is 0 Å². The van der Waals surface area contributed by atoms with Gasteiger partial charge in [0, 0.05) is 36.5 Å². The smallest absolute Gasteiger partial charge is 0.352 e. The molecule has 238 valence electrons. The summed E-state index contributed by atoms with van der Waals surface area (Å²) in [6.45, 7) is 1.74. The van der Waals surface area contributed by atoms with Crippen LogP contribution in [0.25, 0.3) is 0 Å². The van der Waals surface area contributed by atoms with Gasteiger partial charge in [-0.25, -0.2) is 9.59 Å². The van der Waals surface area contributed by atoms with Crippen molar-refractivity contribution >= 4 is 71.0 Å². The van der Waals surface area contributed by atoms with Gasteiger partial charge in [0.05, 0.1) is 0 Å². The highest BCUT2D eigenvalue weighted by molar-refractivity contribution is 8.00. The Bertz CT molecular complexity index is 1500. The number of hydrogen-bond acceptors (Lipinski definition) is 13. The van der Waals surface area contributed by atoms with Gasteiger partial charge in [0.25, 0.3) is 23.6 Å². The molecule has 19 heteroatoms. The molecular weight excluding hydrogens is 640 g/mol. The Kier molecular flexibility index (Phi) is 8.66. The highest BCUT2D eigenvalue weighted by Gasteiger charge is 2.55. The standard InChI is InChI=1S/C26H24N4O13S2/c1-9(31)41-5-11-7-44-23-15(21(35)29(23)17(11)25(37)38)27-19(33)13-3-4-14(43-13)20(34)28-16-22(36)30-18(26(39)40)12(6-42-10(2)32)8-45-24(16)30/h3-4,15-16,23-24H,5-8H2,1-2H3,(H,27,33)(H,28,34)(H,37,38)(H,39,40)/t15-,16-,23-,24-/m1/s1. The van der Waals surface area contributed by atoms with Gasteiger partial charge in [-0.1, -0.05) is 0 Å². The number of esters is 2. The summed E-state index contributed by atoms with van der Waals surface area (Å²) >= 11 is 2.33. The second-order valence-corrected chi connectivity index (χ2v) is 12.2. The molecule has 4 atom stereocenters. The van der Waals surface area contributed by atoms with Gasteiger partial charge in [0.15, 0.2) is 11.5 Å². The maximum atomic E-state index is 12.9. The van der Waals surface area contributed by atoms with Gasteiger partial charge in [-0.2, -0.15) is 0 Å². The van der Waals surface area contributed by atoms with Crippen molar-refractivity contribution in [2.75, 3.05) is 24.7 Å². The van der Waals surface area contributed by atoms with Crippen LogP contribution < -0.4 is 10.6 Å². The number of β-lactam (4-membered cyclic amide) rings is 2. The summed E-state index contributed by atoms with van der Waals surface area (Å²) in [5.41, 5.74) is -0.175. The first-order valence-corrected chi connectivity index (χ1v) is 15.2. The lowest BCUT2D eigenvalue weighted by molar-refractivity contribution is -0.149. The number of nitrogens with one attached hydrogen (secondary N) is 2. The molecule has 4 aliphatic rings. The average molecular weight is 665 g/mol. The molecule has 5 heterocycles. The van der Waals surface area contributed by atoms with E-state index in [9.17, 15) is 48.6 Å². The largest absolute Gasteiger partial charge is 0.477 e. The Morgan fingerprint density at radius 3 is 1.49 bits per heavy atom. The minimum absolute atomic E-state index is 0.134. The molecule has 0 saturated carbocycles. The molecule has 17 nitrogen and oxygen atoms in total. The van der Waals surface area contributed by atoms with Crippen LogP contribution in [0.1, 0.15) is 35.0 Å². The van der Waals surface area contributed by atoms with E-state index in [4.69, 9.17) is 13.9 Å². The Labute approximate surface area is 261 Å². The maximum absolute atomic E-state index is 12.9. The lowest BCUT2D eigenvalue weighted by Crippen LogP contribution is -2.70. The number of aliphatic carboxylic acids is 2. The maximum Gasteiger partial charge on any atom is 0.352 e. The molecule has 0 aromatic carbocycles. The molecule has 0 radical (unpaired) electrons. The Balaban J connectivity index is 1.20. The molecule has 4 amide bonds. The van der Waals surface area contributed by atoms with E-state index < -0.39 is 70.3 Å². The fourth-order valence-electron chi connectivity index (χ4n) is 4.97. The number of ether oxygens (including phenoxy) is 2. The first kappa shape index (κ1) is 31.6. The Morgan fingerprint density at radius 2 is 1.16 bits per heavy atom. The summed E-state index contributed by atoms with van der Waals surface area (Å²) in [6, 6.07) is 0.156. The first-order valence-electron chi connectivity index (χ1n) is 13.1. The van der Waals surface area contributed by atoms with E-state index in [2.05, 4.69) is 10.6 Å². The summed E-state index contributed by atoms with van der Waals surface area (Å²) in [7, 11) is 0. The van der Waals surface area contributed by atoms with Crippen molar-refractivity contribution in [3.63, 3.8) is 0 Å². The highest BCUT2D eigenvalue weighted by atomic mass is 32.2. The minimum Gasteiger partial charge on any atom is -0.477 e. The van der Waals surface area contributed by atoms with Crippen molar-refractivity contribution in [3.8, 4) is 0 Å². The molecule has 0 aliphatic carbocycles. The minimum atomic E-state index is -1.39. The summed E-state index contributed by atoms with van der Waals surface area (Å²) in [5.74, 6) is -7.53. The van der Waals surface area contributed by atoms with Crippen molar-refractivity contribution in [2.45, 2.75) is 36.7 Å². The zero-order chi connectivity index (χ0) is 32.7. The molecule has 2 fully saturated rings. The van der Waals surface area contributed by atoms with Gasteiger partial charge >= 0.3 is 23.9 Å². The van der Waals surface area contributed by atoms with Gasteiger partial charge in [-0.3, -0.25) is 38.6 Å². The number of carbonyl (C=O) groups is 8. The molecule has 45 heavy (non-hydrogen) atoms. The summed E-state index contributed by atoms with van der Waals surface area (Å²) < 4.78 is 15.1. The van der Waals surface area contributed by atoms with E-state index in [1.807, 2.05) is 0 Å². The number of hydrogen-bond donors (Lipinski definition) is 4. The van der Waals surface area contributed by atoms with Crippen LogP contribution in [-0.4, -0.2) is 115 Å². The van der Waals surface area contributed by atoms with Crippen LogP contribution in [0, 0.1) is 0 Å². The second-order valence-electron chi connectivity index (χ2n) is 9.96. The number of carbonyl (C=O) groups excluding carboxylic acids is 6. The van der Waals surface area contributed by atoms with Gasteiger partial charge in [0.2, 0.25) is 0 Å². The van der Waals surface area contributed by atoms with Gasteiger partial charge in [-0.15, -0.1) is 23.5 Å². The number of nitrogens with zero attached hydrogens (tertiary/aromatic N) is 2. The molecule has 1 aromatic heterocycles. The fourth-order valence-corrected chi connectivity index (χ4v) is 7.63.